The lowest BCUT2D eigenvalue weighted by Crippen LogP contribution is -2.01. The summed E-state index contributed by atoms with van der Waals surface area (Å²) in [6, 6.07) is 0. The second-order valence-electron chi connectivity index (χ2n) is 5.11. The molecule has 0 heterocycles. The monoisotopic (exact) mass is 262 g/mol. The molecule has 0 rings (SSSR count). The predicted molar refractivity (Wildman–Crippen MR) is 84.0 cm³/mol. The average molecular weight is 262 g/mol. The van der Waals surface area contributed by atoms with Crippen LogP contribution in [0.15, 0.2) is 40.2 Å². The minimum absolute atomic E-state index is 0.551. The predicted octanol–water partition coefficient (Wildman–Crippen LogP) is 4.52. The van der Waals surface area contributed by atoms with Gasteiger partial charge in [-0.25, -0.2) is 0 Å². The zero-order valence-electron chi connectivity index (χ0n) is 12.8. The van der Waals surface area contributed by atoms with Gasteiger partial charge in [0.2, 0.25) is 0 Å². The van der Waals surface area contributed by atoms with E-state index in [1.165, 1.54) is 11.8 Å². The number of nitrogens with one attached hydrogen (secondary N) is 1. The van der Waals surface area contributed by atoms with Crippen molar-refractivity contribution >= 4 is 12.4 Å². The van der Waals surface area contributed by atoms with E-state index in [-0.39, 0.29) is 0 Å². The molecular formula is C16H26N2O. The van der Waals surface area contributed by atoms with Crippen LogP contribution in [0.25, 0.3) is 0 Å². The SMILES string of the molecule is C=C(/N=C\C=C(C)C)/C(C=N)=C(/C)OCCC(C)C. The van der Waals surface area contributed by atoms with Crippen LogP contribution in [0, 0.1) is 11.3 Å². The number of nitrogens with zero attached hydrogens (tertiary/aromatic N) is 1. The summed E-state index contributed by atoms with van der Waals surface area (Å²) in [5.41, 5.74) is 2.36. The van der Waals surface area contributed by atoms with Crippen LogP contribution in [0.4, 0.5) is 0 Å². The normalized spacial score (nSPS) is 12.3. The Bertz CT molecular complexity index is 397. The molecule has 3 heteroatoms. The Morgan fingerprint density at radius 3 is 2.42 bits per heavy atom. The lowest BCUT2D eigenvalue weighted by Gasteiger charge is -2.11. The van der Waals surface area contributed by atoms with Crippen LogP contribution >= 0.6 is 0 Å². The van der Waals surface area contributed by atoms with Gasteiger partial charge in [-0.2, -0.15) is 0 Å². The van der Waals surface area contributed by atoms with Crippen LogP contribution in [-0.4, -0.2) is 19.0 Å². The van der Waals surface area contributed by atoms with E-state index in [9.17, 15) is 0 Å². The molecule has 1 N–H and O–H groups in total. The second-order valence-corrected chi connectivity index (χ2v) is 5.11. The van der Waals surface area contributed by atoms with Crippen molar-refractivity contribution in [2.75, 3.05) is 6.61 Å². The first kappa shape index (κ1) is 17.4. The number of hydrogen-bond acceptors (Lipinski definition) is 3. The molecule has 106 valence electrons. The van der Waals surface area contributed by atoms with Crippen LogP contribution in [0.5, 0.6) is 0 Å². The Balaban J connectivity index is 4.68. The molecule has 0 radical (unpaired) electrons. The Morgan fingerprint density at radius 1 is 1.32 bits per heavy atom. The zero-order valence-corrected chi connectivity index (χ0v) is 12.8. The van der Waals surface area contributed by atoms with E-state index in [1.54, 1.807) is 6.21 Å². The van der Waals surface area contributed by atoms with Crippen molar-refractivity contribution < 1.29 is 4.74 Å². The highest BCUT2D eigenvalue weighted by Gasteiger charge is 2.05. The maximum Gasteiger partial charge on any atom is 0.104 e. The van der Waals surface area contributed by atoms with Gasteiger partial charge in [-0.3, -0.25) is 4.99 Å². The lowest BCUT2D eigenvalue weighted by molar-refractivity contribution is 0.196. The summed E-state index contributed by atoms with van der Waals surface area (Å²) in [7, 11) is 0. The largest absolute Gasteiger partial charge is 0.497 e. The Labute approximate surface area is 117 Å². The Morgan fingerprint density at radius 2 is 1.95 bits per heavy atom. The number of ether oxygens (including phenoxy) is 1. The fraction of sp³-hybridized carbons (Fsp3) is 0.500. The summed E-state index contributed by atoms with van der Waals surface area (Å²) in [4.78, 5) is 4.21. The summed E-state index contributed by atoms with van der Waals surface area (Å²) in [5.74, 6) is 1.31. The van der Waals surface area contributed by atoms with Gasteiger partial charge < -0.3 is 10.1 Å². The number of rotatable bonds is 8. The van der Waals surface area contributed by atoms with Gasteiger partial charge in [-0.05, 0) is 39.2 Å². The third-order valence-electron chi connectivity index (χ3n) is 2.49. The van der Waals surface area contributed by atoms with E-state index in [4.69, 9.17) is 10.1 Å². The summed E-state index contributed by atoms with van der Waals surface area (Å²) in [5, 5.41) is 7.45. The minimum atomic E-state index is 0.551. The lowest BCUT2D eigenvalue weighted by atomic mass is 10.1. The molecule has 0 aromatic rings. The fourth-order valence-corrected chi connectivity index (χ4v) is 1.26. The van der Waals surface area contributed by atoms with Gasteiger partial charge in [0, 0.05) is 12.4 Å². The molecule has 0 bridgehead atoms. The topological polar surface area (TPSA) is 45.4 Å². The van der Waals surface area contributed by atoms with Crippen molar-refractivity contribution in [1.29, 1.82) is 5.41 Å². The average Bonchev–Trinajstić information content (AvgIpc) is 2.28. The fourth-order valence-electron chi connectivity index (χ4n) is 1.26. The summed E-state index contributed by atoms with van der Waals surface area (Å²) in [6.45, 7) is 14.7. The molecule has 0 spiro atoms. The van der Waals surface area contributed by atoms with Crippen LogP contribution < -0.4 is 0 Å². The molecule has 3 nitrogen and oxygen atoms in total. The molecule has 0 aliphatic rings. The van der Waals surface area contributed by atoms with Crippen LogP contribution in [0.3, 0.4) is 0 Å². The van der Waals surface area contributed by atoms with E-state index in [0.717, 1.165) is 6.42 Å². The Kier molecular flexibility index (Phi) is 8.51. The summed E-state index contributed by atoms with van der Waals surface area (Å²) < 4.78 is 5.63. The maximum atomic E-state index is 7.45. The van der Waals surface area contributed by atoms with Crippen LogP contribution in [0.1, 0.15) is 41.0 Å². The highest BCUT2D eigenvalue weighted by Crippen LogP contribution is 2.14. The second kappa shape index (κ2) is 9.31. The van der Waals surface area contributed by atoms with Gasteiger partial charge in [0.25, 0.3) is 0 Å². The quantitative estimate of drug-likeness (QED) is 0.390. The van der Waals surface area contributed by atoms with Crippen molar-refractivity contribution in [1.82, 2.24) is 0 Å². The van der Waals surface area contributed by atoms with E-state index >= 15 is 0 Å². The minimum Gasteiger partial charge on any atom is -0.497 e. The van der Waals surface area contributed by atoms with Gasteiger partial charge in [0.05, 0.1) is 17.9 Å². The first-order valence-electron chi connectivity index (χ1n) is 6.59. The molecule has 0 aliphatic carbocycles. The summed E-state index contributed by atoms with van der Waals surface area (Å²) >= 11 is 0. The van der Waals surface area contributed by atoms with E-state index < -0.39 is 0 Å². The molecule has 0 saturated carbocycles. The molecule has 0 aromatic heterocycles. The van der Waals surface area contributed by atoms with Crippen LogP contribution in [-0.2, 0) is 4.74 Å². The van der Waals surface area contributed by atoms with Crippen LogP contribution in [0.2, 0.25) is 0 Å². The first-order valence-corrected chi connectivity index (χ1v) is 6.59. The molecule has 0 amide bonds. The van der Waals surface area contributed by atoms with Gasteiger partial charge >= 0.3 is 0 Å². The molecule has 0 atom stereocenters. The molecule has 0 aliphatic heterocycles. The molecule has 0 saturated heterocycles. The molecule has 0 unspecified atom stereocenters. The highest BCUT2D eigenvalue weighted by atomic mass is 16.5. The van der Waals surface area contributed by atoms with Gasteiger partial charge in [0.15, 0.2) is 0 Å². The van der Waals surface area contributed by atoms with Gasteiger partial charge in [-0.1, -0.05) is 26.0 Å². The van der Waals surface area contributed by atoms with E-state index in [0.29, 0.717) is 29.6 Å². The third kappa shape index (κ3) is 8.14. The number of allylic oxidation sites excluding steroid dienone is 4. The first-order chi connectivity index (χ1) is 8.88. The van der Waals surface area contributed by atoms with Crippen molar-refractivity contribution in [2.45, 2.75) is 41.0 Å². The molecule has 0 fully saturated rings. The van der Waals surface area contributed by atoms with Crippen molar-refractivity contribution in [3.63, 3.8) is 0 Å². The molecular weight excluding hydrogens is 236 g/mol. The standard InChI is InChI=1S/C16H26N2O/c1-12(2)7-9-18-14(5)16(11-17)15(6)19-10-8-13(3)4/h7,9,11,13,17H,5,8,10H2,1-4,6H3/b16-15-,17-11?,18-9-. The van der Waals surface area contributed by atoms with Crippen molar-refractivity contribution in [3.8, 4) is 0 Å². The van der Waals surface area contributed by atoms with Crippen molar-refractivity contribution in [3.05, 3.63) is 35.3 Å². The van der Waals surface area contributed by atoms with Gasteiger partial charge in [0.1, 0.15) is 5.76 Å². The Hall–Kier alpha value is -1.64. The maximum absolute atomic E-state index is 7.45. The van der Waals surface area contributed by atoms with Gasteiger partial charge in [-0.15, -0.1) is 0 Å². The number of hydrogen-bond donors (Lipinski definition) is 1. The van der Waals surface area contributed by atoms with E-state index in [1.807, 2.05) is 26.8 Å². The molecule has 0 aromatic carbocycles. The number of aliphatic imine (C=N–C) groups is 1. The van der Waals surface area contributed by atoms with E-state index in [2.05, 4.69) is 25.4 Å². The zero-order chi connectivity index (χ0) is 14.8. The summed E-state index contributed by atoms with van der Waals surface area (Å²) in [6.07, 6.45) is 5.84. The highest BCUT2D eigenvalue weighted by molar-refractivity contribution is 5.84. The smallest absolute Gasteiger partial charge is 0.104 e. The van der Waals surface area contributed by atoms with Crippen molar-refractivity contribution in [2.24, 2.45) is 10.9 Å². The third-order valence-corrected chi connectivity index (χ3v) is 2.49. The molecule has 19 heavy (non-hydrogen) atoms.